The van der Waals surface area contributed by atoms with Crippen molar-refractivity contribution in [2.75, 3.05) is 0 Å². The van der Waals surface area contributed by atoms with E-state index in [-0.39, 0.29) is 5.41 Å². The predicted octanol–water partition coefficient (Wildman–Crippen LogP) is 3.46. The summed E-state index contributed by atoms with van der Waals surface area (Å²) in [5.41, 5.74) is 2.38. The van der Waals surface area contributed by atoms with Crippen LogP contribution in [0.1, 0.15) is 55.2 Å². The highest BCUT2D eigenvalue weighted by atomic mass is 32.1. The van der Waals surface area contributed by atoms with Crippen molar-refractivity contribution in [1.82, 2.24) is 9.38 Å². The summed E-state index contributed by atoms with van der Waals surface area (Å²) in [5, 5.41) is 0. The lowest BCUT2D eigenvalue weighted by Crippen LogP contribution is -2.34. The fourth-order valence-electron chi connectivity index (χ4n) is 3.45. The van der Waals surface area contributed by atoms with Crippen LogP contribution in [0.3, 0.4) is 0 Å². The Balaban J connectivity index is 2.26. The highest BCUT2D eigenvalue weighted by Crippen LogP contribution is 2.48. The van der Waals surface area contributed by atoms with Gasteiger partial charge < -0.3 is 0 Å². The lowest BCUT2D eigenvalue weighted by atomic mass is 9.67. The molecule has 0 radical (unpaired) electrons. The number of hydrogen-bond acceptors (Lipinski definition) is 3. The Hall–Kier alpha value is -1.16. The summed E-state index contributed by atoms with van der Waals surface area (Å²) in [4.78, 5) is 17.6. The van der Waals surface area contributed by atoms with E-state index in [0.717, 1.165) is 17.7 Å². The van der Waals surface area contributed by atoms with E-state index < -0.39 is 0 Å². The number of fused-ring (bicyclic) bond motifs is 3. The number of carbonyl (C=O) groups excluding carboxylic acids is 1. The largest absolute Gasteiger partial charge is 0.296 e. The Kier molecular flexibility index (Phi) is 2.28. The van der Waals surface area contributed by atoms with Crippen LogP contribution in [0.2, 0.25) is 0 Å². The van der Waals surface area contributed by atoms with Crippen LogP contribution in [0.4, 0.5) is 0 Å². The fraction of sp³-hybridized carbons (Fsp3) is 0.571. The van der Waals surface area contributed by atoms with Gasteiger partial charge in [0.1, 0.15) is 5.69 Å². The topological polar surface area (TPSA) is 34.4 Å². The Morgan fingerprint density at radius 2 is 2.11 bits per heavy atom. The predicted molar refractivity (Wildman–Crippen MR) is 73.6 cm³/mol. The summed E-state index contributed by atoms with van der Waals surface area (Å²) in [7, 11) is 0. The normalized spacial score (nSPS) is 20.9. The molecule has 1 aliphatic carbocycles. The second-order valence-electron chi connectivity index (χ2n) is 6.72. The number of carbonyl (C=O) groups is 1. The van der Waals surface area contributed by atoms with Crippen LogP contribution < -0.4 is 0 Å². The molecule has 0 spiro atoms. The average molecular weight is 262 g/mol. The van der Waals surface area contributed by atoms with Gasteiger partial charge in [-0.25, -0.2) is 4.98 Å². The molecule has 1 aliphatic rings. The van der Waals surface area contributed by atoms with E-state index in [1.165, 1.54) is 17.0 Å². The van der Waals surface area contributed by atoms with E-state index in [9.17, 15) is 4.79 Å². The van der Waals surface area contributed by atoms with Gasteiger partial charge in [-0.1, -0.05) is 27.7 Å². The molecule has 4 heteroatoms. The fourth-order valence-corrected chi connectivity index (χ4v) is 4.68. The Labute approximate surface area is 111 Å². The second kappa shape index (κ2) is 3.44. The van der Waals surface area contributed by atoms with Gasteiger partial charge in [-0.2, -0.15) is 0 Å². The van der Waals surface area contributed by atoms with Crippen molar-refractivity contribution >= 4 is 22.6 Å². The zero-order chi connectivity index (χ0) is 13.1. The molecule has 0 fully saturated rings. The Morgan fingerprint density at radius 3 is 2.78 bits per heavy atom. The summed E-state index contributed by atoms with van der Waals surface area (Å²) >= 11 is 1.74. The summed E-state index contributed by atoms with van der Waals surface area (Å²) in [6.07, 6.45) is 4.94. The third-order valence-corrected chi connectivity index (χ3v) is 5.20. The van der Waals surface area contributed by atoms with Gasteiger partial charge in [-0.15, -0.1) is 11.3 Å². The standard InChI is InChI=1S/C14H18N2OS/c1-13(2)5-10-11(14(3,4)8-13)18-12-15-9(7-17)6-16(10)12/h6-7H,5,8H2,1-4H3. The number of rotatable bonds is 1. The molecular formula is C14H18N2OS. The highest BCUT2D eigenvalue weighted by molar-refractivity contribution is 7.17. The van der Waals surface area contributed by atoms with Gasteiger partial charge in [0.2, 0.25) is 0 Å². The third-order valence-electron chi connectivity index (χ3n) is 3.74. The molecule has 2 heterocycles. The maximum atomic E-state index is 10.8. The van der Waals surface area contributed by atoms with Crippen LogP contribution in [0.5, 0.6) is 0 Å². The molecule has 0 amide bonds. The van der Waals surface area contributed by atoms with Crippen molar-refractivity contribution < 1.29 is 4.79 Å². The molecule has 0 N–H and O–H groups in total. The van der Waals surface area contributed by atoms with E-state index in [2.05, 4.69) is 37.1 Å². The van der Waals surface area contributed by atoms with E-state index >= 15 is 0 Å². The lowest BCUT2D eigenvalue weighted by molar-refractivity contribution is 0.111. The molecule has 0 unspecified atom stereocenters. The Morgan fingerprint density at radius 1 is 1.39 bits per heavy atom. The van der Waals surface area contributed by atoms with Crippen LogP contribution in [-0.2, 0) is 11.8 Å². The zero-order valence-electron chi connectivity index (χ0n) is 11.3. The molecule has 2 aromatic rings. The van der Waals surface area contributed by atoms with Gasteiger partial charge in [0, 0.05) is 22.2 Å². The number of aldehydes is 1. The summed E-state index contributed by atoms with van der Waals surface area (Å²) in [6, 6.07) is 0. The van der Waals surface area contributed by atoms with Crippen molar-refractivity contribution in [3.8, 4) is 0 Å². The smallest absolute Gasteiger partial charge is 0.194 e. The van der Waals surface area contributed by atoms with Crippen LogP contribution in [0.25, 0.3) is 4.96 Å². The number of aromatic nitrogens is 2. The first kappa shape index (κ1) is 11.9. The first-order chi connectivity index (χ1) is 8.32. The molecule has 0 atom stereocenters. The van der Waals surface area contributed by atoms with Crippen LogP contribution in [0, 0.1) is 5.41 Å². The summed E-state index contributed by atoms with van der Waals surface area (Å²) < 4.78 is 2.12. The Bertz CT molecular complexity index is 634. The molecule has 2 aromatic heterocycles. The van der Waals surface area contributed by atoms with Gasteiger partial charge in [0.25, 0.3) is 0 Å². The molecule has 0 saturated heterocycles. The van der Waals surface area contributed by atoms with Crippen molar-refractivity contribution in [2.24, 2.45) is 5.41 Å². The van der Waals surface area contributed by atoms with Crippen LogP contribution in [0.15, 0.2) is 6.20 Å². The van der Waals surface area contributed by atoms with Gasteiger partial charge in [-0.3, -0.25) is 9.20 Å². The van der Waals surface area contributed by atoms with Gasteiger partial charge in [-0.05, 0) is 18.3 Å². The first-order valence-corrected chi connectivity index (χ1v) is 7.10. The third kappa shape index (κ3) is 1.62. The molecule has 0 saturated carbocycles. The monoisotopic (exact) mass is 262 g/mol. The molecule has 0 aromatic carbocycles. The van der Waals surface area contributed by atoms with E-state index in [1.807, 2.05) is 6.20 Å². The van der Waals surface area contributed by atoms with E-state index in [0.29, 0.717) is 11.1 Å². The highest BCUT2D eigenvalue weighted by Gasteiger charge is 2.40. The molecule has 18 heavy (non-hydrogen) atoms. The van der Waals surface area contributed by atoms with Gasteiger partial charge in [0.15, 0.2) is 11.2 Å². The molecule has 0 bridgehead atoms. The molecule has 3 rings (SSSR count). The summed E-state index contributed by atoms with van der Waals surface area (Å²) in [6.45, 7) is 9.25. The first-order valence-electron chi connectivity index (χ1n) is 6.29. The maximum Gasteiger partial charge on any atom is 0.194 e. The molecule has 96 valence electrons. The lowest BCUT2D eigenvalue weighted by Gasteiger charge is -2.40. The number of imidazole rings is 1. The van der Waals surface area contributed by atoms with E-state index in [4.69, 9.17) is 0 Å². The van der Waals surface area contributed by atoms with Crippen molar-refractivity contribution in [1.29, 1.82) is 0 Å². The van der Waals surface area contributed by atoms with Crippen molar-refractivity contribution in [2.45, 2.75) is 46.0 Å². The van der Waals surface area contributed by atoms with Crippen LogP contribution in [-0.4, -0.2) is 15.7 Å². The van der Waals surface area contributed by atoms with Crippen LogP contribution >= 0.6 is 11.3 Å². The van der Waals surface area contributed by atoms with Gasteiger partial charge in [0.05, 0.1) is 0 Å². The minimum Gasteiger partial charge on any atom is -0.296 e. The average Bonchev–Trinajstić information content (AvgIpc) is 2.74. The molecular weight excluding hydrogens is 244 g/mol. The maximum absolute atomic E-state index is 10.8. The van der Waals surface area contributed by atoms with E-state index in [1.54, 1.807) is 11.3 Å². The quantitative estimate of drug-likeness (QED) is 0.738. The number of hydrogen-bond donors (Lipinski definition) is 0. The number of nitrogens with zero attached hydrogens (tertiary/aromatic N) is 2. The minimum absolute atomic E-state index is 0.198. The van der Waals surface area contributed by atoms with Gasteiger partial charge >= 0.3 is 0 Å². The zero-order valence-corrected chi connectivity index (χ0v) is 12.1. The number of thiazole rings is 1. The molecule has 3 nitrogen and oxygen atoms in total. The second-order valence-corrected chi connectivity index (χ2v) is 7.69. The van der Waals surface area contributed by atoms with Crippen molar-refractivity contribution in [3.05, 3.63) is 22.5 Å². The minimum atomic E-state index is 0.198. The summed E-state index contributed by atoms with van der Waals surface area (Å²) in [5.74, 6) is 0. The molecule has 0 aliphatic heterocycles. The SMILES string of the molecule is CC1(C)Cc2c(sc3nc(C=O)cn23)C(C)(C)C1. The van der Waals surface area contributed by atoms with Crippen molar-refractivity contribution in [3.63, 3.8) is 0 Å².